The van der Waals surface area contributed by atoms with Gasteiger partial charge in [0, 0.05) is 57.4 Å². The molecule has 2 N–H and O–H groups in total. The molecule has 3 aromatic rings. The third kappa shape index (κ3) is 8.51. The number of rotatable bonds is 11. The number of nitrogens with zero attached hydrogens (tertiary/aromatic N) is 3. The van der Waals surface area contributed by atoms with Crippen LogP contribution in [-0.4, -0.2) is 42.4 Å². The summed E-state index contributed by atoms with van der Waals surface area (Å²) in [4.78, 5) is 9.21. The molecule has 32 heavy (non-hydrogen) atoms. The van der Waals surface area contributed by atoms with E-state index in [1.165, 1.54) is 5.56 Å². The Morgan fingerprint density at radius 1 is 1.09 bits per heavy atom. The van der Waals surface area contributed by atoms with Crippen molar-refractivity contribution in [3.05, 3.63) is 78.4 Å². The number of ether oxygens (including phenoxy) is 2. The highest BCUT2D eigenvalue weighted by molar-refractivity contribution is 14.0. The van der Waals surface area contributed by atoms with Gasteiger partial charge in [-0.3, -0.25) is 0 Å². The van der Waals surface area contributed by atoms with Crippen molar-refractivity contribution in [2.75, 3.05) is 32.2 Å². The fraction of sp³-hybridized carbons (Fsp3) is 0.333. The molecule has 172 valence electrons. The summed E-state index contributed by atoms with van der Waals surface area (Å²) in [7, 11) is 1.69. The van der Waals surface area contributed by atoms with E-state index < -0.39 is 0 Å². The monoisotopic (exact) mass is 549 g/mol. The molecule has 0 saturated heterocycles. The summed E-state index contributed by atoms with van der Waals surface area (Å²) in [5, 5.41) is 6.64. The van der Waals surface area contributed by atoms with Crippen LogP contribution in [0.25, 0.3) is 0 Å². The van der Waals surface area contributed by atoms with Gasteiger partial charge in [0.25, 0.3) is 0 Å². The van der Waals surface area contributed by atoms with E-state index in [0.29, 0.717) is 25.7 Å². The van der Waals surface area contributed by atoms with Crippen LogP contribution in [0.2, 0.25) is 0 Å². The minimum atomic E-state index is 0. The van der Waals surface area contributed by atoms with Crippen molar-refractivity contribution < 1.29 is 9.47 Å². The average molecular weight is 549 g/mol. The van der Waals surface area contributed by atoms with Crippen molar-refractivity contribution in [3.63, 3.8) is 0 Å². The Labute approximate surface area is 207 Å². The summed E-state index contributed by atoms with van der Waals surface area (Å²) in [5.74, 6) is 2.43. The van der Waals surface area contributed by atoms with Crippen molar-refractivity contribution in [3.8, 4) is 5.75 Å². The number of aliphatic imine (C=N–C) groups is 1. The molecule has 0 bridgehead atoms. The second-order valence-corrected chi connectivity index (χ2v) is 7.00. The van der Waals surface area contributed by atoms with Crippen molar-refractivity contribution in [2.24, 2.45) is 4.99 Å². The number of halogens is 1. The molecule has 3 rings (SSSR count). The SMILES string of the molecule is CCNC(=NCc1nccn1Cc1ccccc1)Nc1cccc(OCCCOC)c1.I. The van der Waals surface area contributed by atoms with Gasteiger partial charge in [0.15, 0.2) is 5.96 Å². The highest BCUT2D eigenvalue weighted by Gasteiger charge is 2.05. The lowest BCUT2D eigenvalue weighted by molar-refractivity contribution is 0.172. The van der Waals surface area contributed by atoms with E-state index in [-0.39, 0.29) is 24.0 Å². The molecule has 0 fully saturated rings. The number of imidazole rings is 1. The molecule has 2 aromatic carbocycles. The minimum Gasteiger partial charge on any atom is -0.493 e. The van der Waals surface area contributed by atoms with Gasteiger partial charge in [0.1, 0.15) is 18.1 Å². The molecule has 7 nitrogen and oxygen atoms in total. The second kappa shape index (κ2) is 14.5. The molecule has 0 atom stereocenters. The van der Waals surface area contributed by atoms with E-state index in [2.05, 4.69) is 32.3 Å². The Bertz CT molecular complexity index is 946. The van der Waals surface area contributed by atoms with Gasteiger partial charge in [-0.05, 0) is 24.6 Å². The van der Waals surface area contributed by atoms with Gasteiger partial charge in [-0.25, -0.2) is 9.98 Å². The molecular formula is C24H32IN5O2. The molecular weight excluding hydrogens is 517 g/mol. The quantitative estimate of drug-likeness (QED) is 0.159. The predicted molar refractivity (Wildman–Crippen MR) is 140 cm³/mol. The van der Waals surface area contributed by atoms with Crippen LogP contribution in [-0.2, 0) is 17.8 Å². The van der Waals surface area contributed by atoms with Crippen LogP contribution in [0.4, 0.5) is 5.69 Å². The van der Waals surface area contributed by atoms with Gasteiger partial charge in [-0.1, -0.05) is 36.4 Å². The Kier molecular flexibility index (Phi) is 11.6. The van der Waals surface area contributed by atoms with Crippen LogP contribution in [0.15, 0.2) is 72.0 Å². The maximum Gasteiger partial charge on any atom is 0.196 e. The highest BCUT2D eigenvalue weighted by Crippen LogP contribution is 2.17. The first kappa shape index (κ1) is 25.7. The number of guanidine groups is 1. The lowest BCUT2D eigenvalue weighted by atomic mass is 10.2. The summed E-state index contributed by atoms with van der Waals surface area (Å²) >= 11 is 0. The Morgan fingerprint density at radius 2 is 1.94 bits per heavy atom. The summed E-state index contributed by atoms with van der Waals surface area (Å²) in [5.41, 5.74) is 2.15. The molecule has 1 heterocycles. The van der Waals surface area contributed by atoms with Gasteiger partial charge in [-0.15, -0.1) is 24.0 Å². The largest absolute Gasteiger partial charge is 0.493 e. The zero-order valence-electron chi connectivity index (χ0n) is 18.7. The van der Waals surface area contributed by atoms with Crippen molar-refractivity contribution in [1.82, 2.24) is 14.9 Å². The van der Waals surface area contributed by atoms with Crippen molar-refractivity contribution in [1.29, 1.82) is 0 Å². The van der Waals surface area contributed by atoms with E-state index in [9.17, 15) is 0 Å². The van der Waals surface area contributed by atoms with Gasteiger partial charge >= 0.3 is 0 Å². The normalized spacial score (nSPS) is 11.0. The molecule has 0 aliphatic rings. The van der Waals surface area contributed by atoms with Crippen molar-refractivity contribution in [2.45, 2.75) is 26.4 Å². The summed E-state index contributed by atoms with van der Waals surface area (Å²) in [6.07, 6.45) is 4.66. The van der Waals surface area contributed by atoms with Crippen molar-refractivity contribution >= 4 is 35.6 Å². The molecule has 0 amide bonds. The molecule has 8 heteroatoms. The van der Waals surface area contributed by atoms with Crippen LogP contribution < -0.4 is 15.4 Å². The van der Waals surface area contributed by atoms with E-state index in [4.69, 9.17) is 14.5 Å². The first-order valence-electron chi connectivity index (χ1n) is 10.6. The fourth-order valence-electron chi connectivity index (χ4n) is 3.07. The van der Waals surface area contributed by atoms with Crippen LogP contribution in [0.5, 0.6) is 5.75 Å². The minimum absolute atomic E-state index is 0. The summed E-state index contributed by atoms with van der Waals surface area (Å²) in [6, 6.07) is 18.2. The Balaban J connectivity index is 0.00000363. The molecule has 0 saturated carbocycles. The van der Waals surface area contributed by atoms with E-state index in [1.54, 1.807) is 7.11 Å². The average Bonchev–Trinajstić information content (AvgIpc) is 3.23. The third-order valence-corrected chi connectivity index (χ3v) is 4.58. The van der Waals surface area contributed by atoms with Crippen LogP contribution >= 0.6 is 24.0 Å². The molecule has 0 unspecified atom stereocenters. The first-order chi connectivity index (χ1) is 15.3. The number of benzene rings is 2. The summed E-state index contributed by atoms with van der Waals surface area (Å²) in [6.45, 7) is 5.37. The molecule has 1 aromatic heterocycles. The number of hydrogen-bond donors (Lipinski definition) is 2. The maximum atomic E-state index is 5.79. The molecule has 0 aliphatic heterocycles. The number of anilines is 1. The Morgan fingerprint density at radius 3 is 2.72 bits per heavy atom. The van der Waals surface area contributed by atoms with Crippen LogP contribution in [0.3, 0.4) is 0 Å². The van der Waals surface area contributed by atoms with Gasteiger partial charge in [-0.2, -0.15) is 0 Å². The summed E-state index contributed by atoms with van der Waals surface area (Å²) < 4.78 is 13.0. The second-order valence-electron chi connectivity index (χ2n) is 7.00. The Hall–Kier alpha value is -2.59. The lowest BCUT2D eigenvalue weighted by Gasteiger charge is -2.13. The number of aromatic nitrogens is 2. The number of hydrogen-bond acceptors (Lipinski definition) is 4. The van der Waals surface area contributed by atoms with Gasteiger partial charge in [0.05, 0.1) is 6.61 Å². The molecule has 0 aliphatic carbocycles. The fourth-order valence-corrected chi connectivity index (χ4v) is 3.07. The standard InChI is InChI=1S/C24H31N5O2.HI/c1-3-25-24(28-21-11-7-12-22(17-21)31-16-8-15-30-2)27-18-23-26-13-14-29(23)19-20-9-5-4-6-10-20;/h4-7,9-14,17H,3,8,15-16,18-19H2,1-2H3,(H2,25,27,28);1H. The van der Waals surface area contributed by atoms with Crippen LogP contribution in [0.1, 0.15) is 24.7 Å². The maximum absolute atomic E-state index is 5.79. The van der Waals surface area contributed by atoms with E-state index in [1.807, 2.05) is 61.8 Å². The third-order valence-electron chi connectivity index (χ3n) is 4.58. The van der Waals surface area contributed by atoms with Crippen LogP contribution in [0, 0.1) is 0 Å². The predicted octanol–water partition coefficient (Wildman–Crippen LogP) is 4.54. The zero-order chi connectivity index (χ0) is 21.7. The van der Waals surface area contributed by atoms with Gasteiger partial charge in [0.2, 0.25) is 0 Å². The number of nitrogens with one attached hydrogen (secondary N) is 2. The molecule has 0 radical (unpaired) electrons. The zero-order valence-corrected chi connectivity index (χ0v) is 21.0. The molecule has 0 spiro atoms. The topological polar surface area (TPSA) is 72.7 Å². The van der Waals surface area contributed by atoms with Gasteiger partial charge < -0.3 is 24.7 Å². The number of methoxy groups -OCH3 is 1. The smallest absolute Gasteiger partial charge is 0.196 e. The lowest BCUT2D eigenvalue weighted by Crippen LogP contribution is -2.30. The van der Waals surface area contributed by atoms with E-state index in [0.717, 1.165) is 36.8 Å². The van der Waals surface area contributed by atoms with E-state index >= 15 is 0 Å². The first-order valence-corrected chi connectivity index (χ1v) is 10.6. The highest BCUT2D eigenvalue weighted by atomic mass is 127.